The first-order chi connectivity index (χ1) is 7.40. The molecule has 3 heteroatoms. The number of methoxy groups -OCH3 is 1. The van der Waals surface area contributed by atoms with Crippen LogP contribution in [0.4, 0.5) is 0 Å². The molecular formula is C12H24N2O. The highest BCUT2D eigenvalue weighted by atomic mass is 16.5. The van der Waals surface area contributed by atoms with Crippen LogP contribution in [0.25, 0.3) is 0 Å². The molecule has 2 aliphatic rings. The standard InChI is InChI=1S/C12H24N2O/c1-15-8-4-6-13-11-9-12-5-2-3-7-14(12)10-11/h11-13H,2-10H2,1H3. The summed E-state index contributed by atoms with van der Waals surface area (Å²) in [5.74, 6) is 0. The molecule has 0 aliphatic carbocycles. The van der Waals surface area contributed by atoms with E-state index in [-0.39, 0.29) is 0 Å². The van der Waals surface area contributed by atoms with Crippen molar-refractivity contribution < 1.29 is 4.74 Å². The summed E-state index contributed by atoms with van der Waals surface area (Å²) in [5, 5.41) is 3.65. The molecule has 2 saturated heterocycles. The molecule has 0 radical (unpaired) electrons. The van der Waals surface area contributed by atoms with E-state index in [0.717, 1.165) is 31.7 Å². The van der Waals surface area contributed by atoms with E-state index in [9.17, 15) is 0 Å². The normalized spacial score (nSPS) is 31.8. The van der Waals surface area contributed by atoms with Crippen LogP contribution in [0.15, 0.2) is 0 Å². The van der Waals surface area contributed by atoms with Gasteiger partial charge in [0.2, 0.25) is 0 Å². The Balaban J connectivity index is 1.63. The largest absolute Gasteiger partial charge is 0.385 e. The molecule has 2 atom stereocenters. The molecular weight excluding hydrogens is 188 g/mol. The number of nitrogens with one attached hydrogen (secondary N) is 1. The molecule has 0 bridgehead atoms. The van der Waals surface area contributed by atoms with Crippen LogP contribution in [0.1, 0.15) is 32.1 Å². The Morgan fingerprint density at radius 2 is 2.33 bits per heavy atom. The summed E-state index contributed by atoms with van der Waals surface area (Å²) in [4.78, 5) is 2.68. The van der Waals surface area contributed by atoms with Gasteiger partial charge in [-0.15, -0.1) is 0 Å². The van der Waals surface area contributed by atoms with Gasteiger partial charge in [-0.2, -0.15) is 0 Å². The Morgan fingerprint density at radius 1 is 1.40 bits per heavy atom. The minimum atomic E-state index is 0.741. The maximum atomic E-state index is 5.05. The Hall–Kier alpha value is -0.120. The lowest BCUT2D eigenvalue weighted by Gasteiger charge is -2.28. The van der Waals surface area contributed by atoms with Gasteiger partial charge in [0.1, 0.15) is 0 Å². The first-order valence-electron chi connectivity index (χ1n) is 6.36. The number of ether oxygens (including phenoxy) is 1. The average molecular weight is 212 g/mol. The highest BCUT2D eigenvalue weighted by Gasteiger charge is 2.32. The quantitative estimate of drug-likeness (QED) is 0.694. The van der Waals surface area contributed by atoms with Gasteiger partial charge in [0.15, 0.2) is 0 Å². The number of piperidine rings is 1. The van der Waals surface area contributed by atoms with Crippen molar-refractivity contribution in [2.75, 3.05) is 33.4 Å². The minimum absolute atomic E-state index is 0.741. The fourth-order valence-electron chi connectivity index (χ4n) is 2.92. The maximum absolute atomic E-state index is 5.05. The van der Waals surface area contributed by atoms with Gasteiger partial charge in [-0.05, 0) is 38.8 Å². The molecule has 1 N–H and O–H groups in total. The molecule has 2 unspecified atom stereocenters. The molecule has 3 nitrogen and oxygen atoms in total. The summed E-state index contributed by atoms with van der Waals surface area (Å²) in [6.45, 7) is 4.60. The summed E-state index contributed by atoms with van der Waals surface area (Å²) in [6, 6.07) is 1.63. The van der Waals surface area contributed by atoms with Crippen LogP contribution in [0.5, 0.6) is 0 Å². The van der Waals surface area contributed by atoms with Crippen molar-refractivity contribution >= 4 is 0 Å². The summed E-state index contributed by atoms with van der Waals surface area (Å²) in [5.41, 5.74) is 0. The summed E-state index contributed by atoms with van der Waals surface area (Å²) in [6.07, 6.45) is 6.78. The molecule has 15 heavy (non-hydrogen) atoms. The molecule has 0 amide bonds. The molecule has 2 aliphatic heterocycles. The van der Waals surface area contributed by atoms with E-state index >= 15 is 0 Å². The highest BCUT2D eigenvalue weighted by Crippen LogP contribution is 2.26. The third kappa shape index (κ3) is 3.16. The van der Waals surface area contributed by atoms with Crippen molar-refractivity contribution in [3.05, 3.63) is 0 Å². The van der Waals surface area contributed by atoms with Crippen molar-refractivity contribution in [3.8, 4) is 0 Å². The van der Waals surface area contributed by atoms with Crippen LogP contribution in [0.3, 0.4) is 0 Å². The van der Waals surface area contributed by atoms with E-state index in [2.05, 4.69) is 10.2 Å². The Morgan fingerprint density at radius 3 is 3.13 bits per heavy atom. The van der Waals surface area contributed by atoms with Crippen LogP contribution in [-0.2, 0) is 4.74 Å². The summed E-state index contributed by atoms with van der Waals surface area (Å²) < 4.78 is 5.05. The lowest BCUT2D eigenvalue weighted by atomic mass is 10.0. The molecule has 2 rings (SSSR count). The molecule has 0 saturated carbocycles. The van der Waals surface area contributed by atoms with Crippen LogP contribution >= 0.6 is 0 Å². The molecule has 0 aromatic rings. The molecule has 88 valence electrons. The van der Waals surface area contributed by atoms with Crippen molar-refractivity contribution in [1.82, 2.24) is 10.2 Å². The summed E-state index contributed by atoms with van der Waals surface area (Å²) in [7, 11) is 1.77. The van der Waals surface area contributed by atoms with Gasteiger partial charge < -0.3 is 10.1 Å². The second kappa shape index (κ2) is 5.83. The van der Waals surface area contributed by atoms with Gasteiger partial charge in [-0.1, -0.05) is 6.42 Å². The zero-order valence-electron chi connectivity index (χ0n) is 9.87. The minimum Gasteiger partial charge on any atom is -0.385 e. The number of hydrogen-bond acceptors (Lipinski definition) is 3. The Kier molecular flexibility index (Phi) is 4.42. The van der Waals surface area contributed by atoms with Gasteiger partial charge >= 0.3 is 0 Å². The molecule has 2 fully saturated rings. The van der Waals surface area contributed by atoms with E-state index in [4.69, 9.17) is 4.74 Å². The first-order valence-corrected chi connectivity index (χ1v) is 6.36. The van der Waals surface area contributed by atoms with E-state index < -0.39 is 0 Å². The third-order valence-corrected chi connectivity index (χ3v) is 3.72. The number of rotatable bonds is 5. The average Bonchev–Trinajstić information content (AvgIpc) is 2.67. The smallest absolute Gasteiger partial charge is 0.0474 e. The van der Waals surface area contributed by atoms with Crippen molar-refractivity contribution in [2.45, 2.75) is 44.2 Å². The van der Waals surface area contributed by atoms with Crippen LogP contribution < -0.4 is 5.32 Å². The second-order valence-electron chi connectivity index (χ2n) is 4.88. The fraction of sp³-hybridized carbons (Fsp3) is 1.00. The van der Waals surface area contributed by atoms with Crippen LogP contribution in [0, 0.1) is 0 Å². The van der Waals surface area contributed by atoms with Gasteiger partial charge in [0.25, 0.3) is 0 Å². The van der Waals surface area contributed by atoms with Gasteiger partial charge in [0, 0.05) is 32.3 Å². The van der Waals surface area contributed by atoms with E-state index in [0.29, 0.717) is 0 Å². The lowest BCUT2D eigenvalue weighted by Crippen LogP contribution is -2.36. The van der Waals surface area contributed by atoms with Crippen molar-refractivity contribution in [1.29, 1.82) is 0 Å². The lowest BCUT2D eigenvalue weighted by molar-refractivity contribution is 0.191. The SMILES string of the molecule is COCCCNC1CC2CCCCN2C1. The van der Waals surface area contributed by atoms with Crippen LogP contribution in [0.2, 0.25) is 0 Å². The predicted octanol–water partition coefficient (Wildman–Crippen LogP) is 1.24. The molecule has 2 heterocycles. The van der Waals surface area contributed by atoms with E-state index in [1.165, 1.54) is 38.8 Å². The van der Waals surface area contributed by atoms with Gasteiger partial charge in [-0.3, -0.25) is 4.90 Å². The number of fused-ring (bicyclic) bond motifs is 1. The second-order valence-corrected chi connectivity index (χ2v) is 4.88. The Bertz CT molecular complexity index is 172. The first kappa shape index (κ1) is 11.4. The third-order valence-electron chi connectivity index (χ3n) is 3.72. The van der Waals surface area contributed by atoms with Crippen molar-refractivity contribution in [2.24, 2.45) is 0 Å². The number of nitrogens with zero attached hydrogens (tertiary/aromatic N) is 1. The monoisotopic (exact) mass is 212 g/mol. The van der Waals surface area contributed by atoms with E-state index in [1.807, 2.05) is 0 Å². The molecule has 0 spiro atoms. The van der Waals surface area contributed by atoms with E-state index in [1.54, 1.807) is 7.11 Å². The summed E-state index contributed by atoms with van der Waals surface area (Å²) >= 11 is 0. The van der Waals surface area contributed by atoms with Crippen LogP contribution in [-0.4, -0.2) is 50.3 Å². The Labute approximate surface area is 93.2 Å². The maximum Gasteiger partial charge on any atom is 0.0474 e. The molecule has 0 aromatic carbocycles. The molecule has 0 aromatic heterocycles. The van der Waals surface area contributed by atoms with Crippen molar-refractivity contribution in [3.63, 3.8) is 0 Å². The predicted molar refractivity (Wildman–Crippen MR) is 62.1 cm³/mol. The number of hydrogen-bond donors (Lipinski definition) is 1. The van der Waals surface area contributed by atoms with Gasteiger partial charge in [-0.25, -0.2) is 0 Å². The fourth-order valence-corrected chi connectivity index (χ4v) is 2.92. The zero-order valence-corrected chi connectivity index (χ0v) is 9.87. The zero-order chi connectivity index (χ0) is 10.5. The highest BCUT2D eigenvalue weighted by molar-refractivity contribution is 4.91. The van der Waals surface area contributed by atoms with Gasteiger partial charge in [0.05, 0.1) is 0 Å². The topological polar surface area (TPSA) is 24.5 Å².